The molecule has 1 aliphatic heterocycles. The first-order valence-electron chi connectivity index (χ1n) is 7.78. The van der Waals surface area contributed by atoms with Gasteiger partial charge in [-0.1, -0.05) is 11.6 Å². The number of aryl methyl sites for hydroxylation is 1. The van der Waals surface area contributed by atoms with E-state index >= 15 is 0 Å². The number of nitriles is 1. The van der Waals surface area contributed by atoms with Crippen molar-refractivity contribution in [2.75, 3.05) is 18.0 Å². The third-order valence-electron chi connectivity index (χ3n) is 4.43. The lowest BCUT2D eigenvalue weighted by molar-refractivity contribution is -0.113. The number of fused-ring (bicyclic) bond motifs is 1. The molecule has 1 saturated heterocycles. The van der Waals surface area contributed by atoms with E-state index in [1.807, 2.05) is 0 Å². The number of aliphatic hydroxyl groups excluding tert-OH is 1. The predicted molar refractivity (Wildman–Crippen MR) is 87.9 cm³/mol. The number of hydrogen-bond acceptors (Lipinski definition) is 4. The van der Waals surface area contributed by atoms with Gasteiger partial charge < -0.3 is 15.0 Å². The Morgan fingerprint density at radius 1 is 1.46 bits per heavy atom. The fourth-order valence-electron chi connectivity index (χ4n) is 3.13. The first kappa shape index (κ1) is 18.7. The molecule has 0 radical (unpaired) electrons. The van der Waals surface area contributed by atoms with E-state index in [4.69, 9.17) is 11.6 Å². The lowest BCUT2D eigenvalue weighted by atomic mass is 10.00. The quantitative estimate of drug-likeness (QED) is 0.766. The zero-order valence-electron chi connectivity index (χ0n) is 13.9. The number of rotatable bonds is 2. The Kier molecular flexibility index (Phi) is 4.32. The van der Waals surface area contributed by atoms with Crippen LogP contribution in [0.5, 0.6) is 0 Å². The number of aromatic nitrogens is 2. The average Bonchev–Trinajstić information content (AvgIpc) is 2.82. The zero-order valence-corrected chi connectivity index (χ0v) is 14.6. The molecule has 2 aromatic heterocycles. The summed E-state index contributed by atoms with van der Waals surface area (Å²) < 4.78 is 56.1. The minimum absolute atomic E-state index is 0.0101. The Labute approximate surface area is 151 Å². The topological polar surface area (TPSA) is 75.9 Å². The van der Waals surface area contributed by atoms with Gasteiger partial charge in [-0.3, -0.25) is 0 Å². The number of halogens is 5. The van der Waals surface area contributed by atoms with Crippen molar-refractivity contribution in [1.82, 2.24) is 9.97 Å². The van der Waals surface area contributed by atoms with Crippen LogP contribution in [0.1, 0.15) is 30.3 Å². The molecule has 10 heteroatoms. The van der Waals surface area contributed by atoms with Gasteiger partial charge in [0.1, 0.15) is 28.9 Å². The molecule has 0 bridgehead atoms. The number of anilines is 1. The van der Waals surface area contributed by atoms with Crippen molar-refractivity contribution in [2.24, 2.45) is 0 Å². The summed E-state index contributed by atoms with van der Waals surface area (Å²) in [4.78, 5) is 7.81. The van der Waals surface area contributed by atoms with Crippen molar-refractivity contribution in [3.63, 3.8) is 0 Å². The molecule has 0 spiro atoms. The van der Waals surface area contributed by atoms with Gasteiger partial charge in [0.05, 0.1) is 22.8 Å². The Morgan fingerprint density at radius 3 is 2.65 bits per heavy atom. The summed E-state index contributed by atoms with van der Waals surface area (Å²) in [6.45, 7) is 1.22. The molecule has 0 aromatic carbocycles. The second-order valence-corrected chi connectivity index (χ2v) is 6.84. The van der Waals surface area contributed by atoms with E-state index in [0.29, 0.717) is 12.6 Å². The number of aliphatic hydroxyl groups is 1. The maximum absolute atomic E-state index is 14.1. The number of nitrogens with one attached hydrogen (secondary N) is 1. The van der Waals surface area contributed by atoms with Crippen molar-refractivity contribution in [3.8, 4) is 6.07 Å². The van der Waals surface area contributed by atoms with Gasteiger partial charge in [0, 0.05) is 19.2 Å². The molecule has 3 rings (SSSR count). The van der Waals surface area contributed by atoms with Crippen LogP contribution in [0.3, 0.4) is 0 Å². The molecule has 0 saturated carbocycles. The standard InChI is InChI=1S/C16H15ClF4N4O/c1-7-10(17)11-12(23-7)13(8(5-22)14(24-11)15(2,18)19)25-4-3-9(26)16(20,21)6-25/h9,23,26H,3-4,6H2,1-2H3/t9-/m1/s1. The summed E-state index contributed by atoms with van der Waals surface area (Å²) in [7, 11) is 0. The van der Waals surface area contributed by atoms with E-state index < -0.39 is 35.8 Å². The van der Waals surface area contributed by atoms with Gasteiger partial charge in [0.25, 0.3) is 11.8 Å². The Bertz CT molecular complexity index is 916. The van der Waals surface area contributed by atoms with Gasteiger partial charge in [-0.15, -0.1) is 0 Å². The fraction of sp³-hybridized carbons (Fsp3) is 0.500. The lowest BCUT2D eigenvalue weighted by Crippen LogP contribution is -2.52. The molecule has 3 heterocycles. The van der Waals surface area contributed by atoms with Crippen molar-refractivity contribution in [1.29, 1.82) is 5.26 Å². The molecule has 140 valence electrons. The number of piperidine rings is 1. The van der Waals surface area contributed by atoms with Crippen LogP contribution in [0.2, 0.25) is 5.02 Å². The van der Waals surface area contributed by atoms with Gasteiger partial charge in [0.2, 0.25) is 0 Å². The molecule has 2 N–H and O–H groups in total. The molecular formula is C16H15ClF4N4O. The van der Waals surface area contributed by atoms with Crippen molar-refractivity contribution < 1.29 is 22.7 Å². The maximum Gasteiger partial charge on any atom is 0.290 e. The fourth-order valence-corrected chi connectivity index (χ4v) is 3.31. The first-order valence-corrected chi connectivity index (χ1v) is 8.16. The van der Waals surface area contributed by atoms with E-state index in [9.17, 15) is 27.9 Å². The molecule has 2 aromatic rings. The van der Waals surface area contributed by atoms with E-state index in [1.165, 1.54) is 0 Å². The minimum atomic E-state index is -3.47. The minimum Gasteiger partial charge on any atom is -0.387 e. The summed E-state index contributed by atoms with van der Waals surface area (Å²) in [6, 6.07) is 1.67. The second kappa shape index (κ2) is 5.99. The van der Waals surface area contributed by atoms with Crippen LogP contribution in [0, 0.1) is 18.3 Å². The van der Waals surface area contributed by atoms with Crippen LogP contribution < -0.4 is 4.90 Å². The van der Waals surface area contributed by atoms with E-state index in [0.717, 1.165) is 4.90 Å². The summed E-state index contributed by atoms with van der Waals surface area (Å²) in [5.74, 6) is -6.92. The third-order valence-corrected chi connectivity index (χ3v) is 4.89. The van der Waals surface area contributed by atoms with Gasteiger partial charge in [0.15, 0.2) is 0 Å². The average molecular weight is 391 g/mol. The molecular weight excluding hydrogens is 376 g/mol. The van der Waals surface area contributed by atoms with Crippen molar-refractivity contribution in [3.05, 3.63) is 22.0 Å². The Balaban J connectivity index is 2.33. The van der Waals surface area contributed by atoms with Crippen molar-refractivity contribution in [2.45, 2.75) is 38.2 Å². The summed E-state index contributed by atoms with van der Waals surface area (Å²) >= 11 is 6.12. The number of aromatic amines is 1. The normalized spacial score (nSPS) is 20.4. The summed E-state index contributed by atoms with van der Waals surface area (Å²) in [6.07, 6.45) is -2.10. The van der Waals surface area contributed by atoms with Crippen LogP contribution in [0.25, 0.3) is 11.0 Å². The molecule has 0 amide bonds. The molecule has 0 unspecified atom stereocenters. The summed E-state index contributed by atoms with van der Waals surface area (Å²) in [5.41, 5.74) is -0.864. The Hall–Kier alpha value is -2.05. The highest BCUT2D eigenvalue weighted by molar-refractivity contribution is 6.36. The number of alkyl halides is 4. The van der Waals surface area contributed by atoms with Gasteiger partial charge >= 0.3 is 0 Å². The zero-order chi connectivity index (χ0) is 19.4. The molecule has 5 nitrogen and oxygen atoms in total. The summed E-state index contributed by atoms with van der Waals surface area (Å²) in [5, 5.41) is 19.0. The highest BCUT2D eigenvalue weighted by Gasteiger charge is 2.45. The van der Waals surface area contributed by atoms with Crippen LogP contribution >= 0.6 is 11.6 Å². The van der Waals surface area contributed by atoms with Gasteiger partial charge in [-0.05, 0) is 13.3 Å². The molecule has 1 aliphatic rings. The monoisotopic (exact) mass is 390 g/mol. The van der Waals surface area contributed by atoms with Crippen LogP contribution in [-0.4, -0.2) is 40.2 Å². The van der Waals surface area contributed by atoms with Crippen LogP contribution in [0.15, 0.2) is 0 Å². The largest absolute Gasteiger partial charge is 0.387 e. The Morgan fingerprint density at radius 2 is 2.12 bits per heavy atom. The number of nitrogens with zero attached hydrogens (tertiary/aromatic N) is 3. The molecule has 1 fully saturated rings. The second-order valence-electron chi connectivity index (χ2n) is 6.46. The smallest absolute Gasteiger partial charge is 0.290 e. The van der Waals surface area contributed by atoms with E-state index in [-0.39, 0.29) is 34.7 Å². The number of H-pyrrole nitrogens is 1. The maximum atomic E-state index is 14.1. The van der Waals surface area contributed by atoms with E-state index in [1.54, 1.807) is 13.0 Å². The number of hydrogen-bond donors (Lipinski definition) is 2. The van der Waals surface area contributed by atoms with E-state index in [2.05, 4.69) is 9.97 Å². The SMILES string of the molecule is Cc1[nH]c2c(N3CC[C@@H](O)C(F)(F)C3)c(C#N)c(C(C)(F)F)nc2c1Cl. The van der Waals surface area contributed by atoms with Crippen LogP contribution in [-0.2, 0) is 5.92 Å². The van der Waals surface area contributed by atoms with Crippen LogP contribution in [0.4, 0.5) is 23.2 Å². The van der Waals surface area contributed by atoms with Gasteiger partial charge in [-0.2, -0.15) is 14.0 Å². The molecule has 26 heavy (non-hydrogen) atoms. The van der Waals surface area contributed by atoms with Gasteiger partial charge in [-0.25, -0.2) is 13.8 Å². The predicted octanol–water partition coefficient (Wildman–Crippen LogP) is 3.71. The number of pyridine rings is 1. The highest BCUT2D eigenvalue weighted by Crippen LogP contribution is 2.42. The molecule has 1 atom stereocenters. The van der Waals surface area contributed by atoms with Crippen molar-refractivity contribution >= 4 is 28.3 Å². The molecule has 0 aliphatic carbocycles. The highest BCUT2D eigenvalue weighted by atomic mass is 35.5. The third kappa shape index (κ3) is 2.87. The lowest BCUT2D eigenvalue weighted by Gasteiger charge is -2.38. The first-order chi connectivity index (χ1) is 12.0.